The highest BCUT2D eigenvalue weighted by Gasteiger charge is 2.12. The van der Waals surface area contributed by atoms with Crippen molar-refractivity contribution in [1.29, 1.82) is 0 Å². The van der Waals surface area contributed by atoms with Crippen LogP contribution in [0.2, 0.25) is 5.15 Å². The molecule has 2 aromatic rings. The molecule has 0 aliphatic heterocycles. The molecular weight excluding hydrogens is 321 g/mol. The lowest BCUT2D eigenvalue weighted by molar-refractivity contribution is 0.0992. The number of halogens is 3. The number of rotatable bonds is 3. The Bertz CT molecular complexity index is 603. The first-order valence-corrected chi connectivity index (χ1v) is 6.32. The lowest BCUT2D eigenvalue weighted by atomic mass is 10.0. The smallest absolute Gasteiger partial charge is 0.167 e. The number of nitrogens with zero attached hydrogens (tertiary/aromatic N) is 1. The van der Waals surface area contributed by atoms with E-state index in [1.165, 1.54) is 18.3 Å². The molecule has 0 saturated heterocycles. The summed E-state index contributed by atoms with van der Waals surface area (Å²) in [6.45, 7) is 0. The van der Waals surface area contributed by atoms with Crippen LogP contribution in [0.5, 0.6) is 0 Å². The Balaban J connectivity index is 2.24. The Kier molecular flexibility index (Phi) is 4.09. The van der Waals surface area contributed by atoms with Gasteiger partial charge in [0.1, 0.15) is 11.0 Å². The predicted octanol–water partition coefficient (Wildman–Crippen LogP) is 4.06. The second-order valence-electron chi connectivity index (χ2n) is 3.68. The van der Waals surface area contributed by atoms with Gasteiger partial charge in [0.2, 0.25) is 0 Å². The van der Waals surface area contributed by atoms with E-state index in [2.05, 4.69) is 20.9 Å². The third kappa shape index (κ3) is 2.94. The molecule has 92 valence electrons. The maximum Gasteiger partial charge on any atom is 0.167 e. The average molecular weight is 329 g/mol. The van der Waals surface area contributed by atoms with Crippen LogP contribution < -0.4 is 0 Å². The maximum absolute atomic E-state index is 13.3. The summed E-state index contributed by atoms with van der Waals surface area (Å²) in [5.41, 5.74) is 1.07. The van der Waals surface area contributed by atoms with Crippen LogP contribution in [0, 0.1) is 5.82 Å². The van der Waals surface area contributed by atoms with Crippen molar-refractivity contribution in [1.82, 2.24) is 4.98 Å². The minimum atomic E-state index is -0.381. The second-order valence-corrected chi connectivity index (χ2v) is 4.86. The van der Waals surface area contributed by atoms with E-state index in [1.807, 2.05) is 0 Å². The van der Waals surface area contributed by atoms with Crippen molar-refractivity contribution >= 4 is 33.3 Å². The summed E-state index contributed by atoms with van der Waals surface area (Å²) in [5.74, 6) is -0.515. The number of hydrogen-bond donors (Lipinski definition) is 0. The number of hydrogen-bond acceptors (Lipinski definition) is 2. The zero-order valence-electron chi connectivity index (χ0n) is 9.16. The molecule has 0 aliphatic carbocycles. The standard InChI is InChI=1S/C13H8BrClFNO/c14-13-9(2-1-3-10(13)16)6-11(18)8-4-5-17-12(15)7-8/h1-5,7H,6H2. The minimum absolute atomic E-state index is 0.110. The highest BCUT2D eigenvalue weighted by atomic mass is 79.9. The van der Waals surface area contributed by atoms with Gasteiger partial charge in [-0.05, 0) is 39.7 Å². The molecule has 1 aromatic heterocycles. The topological polar surface area (TPSA) is 30.0 Å². The van der Waals surface area contributed by atoms with E-state index in [0.29, 0.717) is 15.6 Å². The zero-order valence-corrected chi connectivity index (χ0v) is 11.5. The largest absolute Gasteiger partial charge is 0.294 e. The number of Topliss-reactive ketones (excluding diaryl/α,β-unsaturated/α-hetero) is 1. The van der Waals surface area contributed by atoms with Gasteiger partial charge in [0.25, 0.3) is 0 Å². The maximum atomic E-state index is 13.3. The molecule has 0 N–H and O–H groups in total. The van der Waals surface area contributed by atoms with Crippen molar-refractivity contribution in [3.05, 3.63) is 63.1 Å². The Morgan fingerprint density at radius 3 is 2.89 bits per heavy atom. The third-order valence-electron chi connectivity index (χ3n) is 2.43. The SMILES string of the molecule is O=C(Cc1cccc(F)c1Br)c1ccnc(Cl)c1. The summed E-state index contributed by atoms with van der Waals surface area (Å²) in [4.78, 5) is 15.8. The Morgan fingerprint density at radius 1 is 1.39 bits per heavy atom. The summed E-state index contributed by atoms with van der Waals surface area (Å²) in [5, 5.41) is 0.263. The summed E-state index contributed by atoms with van der Waals surface area (Å²) in [7, 11) is 0. The van der Waals surface area contributed by atoms with E-state index in [-0.39, 0.29) is 23.2 Å². The molecule has 0 saturated carbocycles. The van der Waals surface area contributed by atoms with Gasteiger partial charge in [-0.3, -0.25) is 4.79 Å². The van der Waals surface area contributed by atoms with Crippen molar-refractivity contribution in [2.75, 3.05) is 0 Å². The number of pyridine rings is 1. The summed E-state index contributed by atoms with van der Waals surface area (Å²) < 4.78 is 13.6. The summed E-state index contributed by atoms with van der Waals surface area (Å²) in [6, 6.07) is 7.69. The molecule has 18 heavy (non-hydrogen) atoms. The van der Waals surface area contributed by atoms with Crippen LogP contribution in [-0.4, -0.2) is 10.8 Å². The highest BCUT2D eigenvalue weighted by Crippen LogP contribution is 2.22. The molecule has 1 aromatic carbocycles. The van der Waals surface area contributed by atoms with E-state index < -0.39 is 0 Å². The number of ketones is 1. The molecule has 0 amide bonds. The van der Waals surface area contributed by atoms with Crippen molar-refractivity contribution < 1.29 is 9.18 Å². The lowest BCUT2D eigenvalue weighted by Crippen LogP contribution is -2.05. The fourth-order valence-electron chi connectivity index (χ4n) is 1.54. The first-order valence-electron chi connectivity index (χ1n) is 5.15. The monoisotopic (exact) mass is 327 g/mol. The van der Waals surface area contributed by atoms with Gasteiger partial charge in [-0.25, -0.2) is 9.37 Å². The fraction of sp³-hybridized carbons (Fsp3) is 0.0769. The van der Waals surface area contributed by atoms with Gasteiger partial charge < -0.3 is 0 Å². The first-order chi connectivity index (χ1) is 8.58. The molecular formula is C13H8BrClFNO. The van der Waals surface area contributed by atoms with Crippen LogP contribution in [0.25, 0.3) is 0 Å². The molecule has 0 bridgehead atoms. The normalized spacial score (nSPS) is 10.4. The molecule has 1 heterocycles. The van der Waals surface area contributed by atoms with Gasteiger partial charge >= 0.3 is 0 Å². The van der Waals surface area contributed by atoms with Gasteiger partial charge in [-0.15, -0.1) is 0 Å². The molecule has 2 rings (SSSR count). The van der Waals surface area contributed by atoms with E-state index in [4.69, 9.17) is 11.6 Å². The molecule has 0 spiro atoms. The molecule has 0 unspecified atom stereocenters. The van der Waals surface area contributed by atoms with Crippen LogP contribution in [0.4, 0.5) is 4.39 Å². The summed E-state index contributed by atoms with van der Waals surface area (Å²) in [6.07, 6.45) is 1.58. The molecule has 0 radical (unpaired) electrons. The first kappa shape index (κ1) is 13.2. The van der Waals surface area contributed by atoms with E-state index in [9.17, 15) is 9.18 Å². The van der Waals surface area contributed by atoms with Crippen molar-refractivity contribution in [2.24, 2.45) is 0 Å². The molecule has 0 atom stereocenters. The van der Waals surface area contributed by atoms with E-state index in [1.54, 1.807) is 18.2 Å². The molecule has 0 fully saturated rings. The third-order valence-corrected chi connectivity index (χ3v) is 3.53. The molecule has 0 aliphatic rings. The molecule has 5 heteroatoms. The van der Waals surface area contributed by atoms with Gasteiger partial charge in [0.15, 0.2) is 5.78 Å². The second kappa shape index (κ2) is 5.59. The van der Waals surface area contributed by atoms with Crippen molar-refractivity contribution in [3.8, 4) is 0 Å². The Morgan fingerprint density at radius 2 is 2.17 bits per heavy atom. The van der Waals surface area contributed by atoms with Gasteiger partial charge in [0.05, 0.1) is 4.47 Å². The average Bonchev–Trinajstić information content (AvgIpc) is 2.35. The molecule has 2 nitrogen and oxygen atoms in total. The number of carbonyl (C=O) groups is 1. The van der Waals surface area contributed by atoms with Crippen LogP contribution in [-0.2, 0) is 6.42 Å². The van der Waals surface area contributed by atoms with Gasteiger partial charge in [-0.2, -0.15) is 0 Å². The zero-order chi connectivity index (χ0) is 13.1. The minimum Gasteiger partial charge on any atom is -0.294 e. The van der Waals surface area contributed by atoms with Crippen LogP contribution in [0.15, 0.2) is 41.0 Å². The highest BCUT2D eigenvalue weighted by molar-refractivity contribution is 9.10. The van der Waals surface area contributed by atoms with Crippen LogP contribution >= 0.6 is 27.5 Å². The summed E-state index contributed by atoms with van der Waals surface area (Å²) >= 11 is 8.85. The quantitative estimate of drug-likeness (QED) is 0.628. The Labute approximate surface area is 117 Å². The Hall–Kier alpha value is -1.26. The van der Waals surface area contributed by atoms with Crippen molar-refractivity contribution in [2.45, 2.75) is 6.42 Å². The van der Waals surface area contributed by atoms with Gasteiger partial charge in [0, 0.05) is 18.2 Å². The number of carbonyl (C=O) groups excluding carboxylic acids is 1. The lowest BCUT2D eigenvalue weighted by Gasteiger charge is -2.05. The van der Waals surface area contributed by atoms with Gasteiger partial charge in [-0.1, -0.05) is 23.7 Å². The number of benzene rings is 1. The van der Waals surface area contributed by atoms with E-state index >= 15 is 0 Å². The van der Waals surface area contributed by atoms with Crippen LogP contribution in [0.1, 0.15) is 15.9 Å². The van der Waals surface area contributed by atoms with E-state index in [0.717, 1.165) is 0 Å². The number of aromatic nitrogens is 1. The fourth-order valence-corrected chi connectivity index (χ4v) is 2.11. The van der Waals surface area contributed by atoms with Crippen molar-refractivity contribution in [3.63, 3.8) is 0 Å². The predicted molar refractivity (Wildman–Crippen MR) is 71.4 cm³/mol. The van der Waals surface area contributed by atoms with Crippen LogP contribution in [0.3, 0.4) is 0 Å².